The van der Waals surface area contributed by atoms with Crippen molar-refractivity contribution in [2.75, 3.05) is 5.43 Å². The lowest BCUT2D eigenvalue weighted by molar-refractivity contribution is -0.385. The molecule has 0 bridgehead atoms. The van der Waals surface area contributed by atoms with E-state index >= 15 is 0 Å². The third kappa shape index (κ3) is 4.61. The molecule has 0 spiro atoms. The van der Waals surface area contributed by atoms with Crippen molar-refractivity contribution >= 4 is 17.4 Å². The number of hydrazine groups is 1. The average molecular weight is 397 g/mol. The maximum absolute atomic E-state index is 13.0. The van der Waals surface area contributed by atoms with Crippen LogP contribution in [-0.4, -0.2) is 20.8 Å². The van der Waals surface area contributed by atoms with Crippen LogP contribution in [0.15, 0.2) is 48.8 Å². The minimum Gasteiger partial charge on any atom is -0.434 e. The summed E-state index contributed by atoms with van der Waals surface area (Å²) < 4.78 is 18.5. The molecular weight excluding hydrogens is 381 g/mol. The highest BCUT2D eigenvalue weighted by atomic mass is 19.1. The molecule has 2 aromatic carbocycles. The number of hydrogen-bond acceptors (Lipinski definition) is 7. The monoisotopic (exact) mass is 397 g/mol. The highest BCUT2D eigenvalue weighted by Crippen LogP contribution is 2.34. The van der Waals surface area contributed by atoms with Crippen LogP contribution in [0.25, 0.3) is 0 Å². The normalized spacial score (nSPS) is 10.3. The molecule has 1 heterocycles. The van der Waals surface area contributed by atoms with Crippen molar-refractivity contribution in [2.45, 2.75) is 13.8 Å². The van der Waals surface area contributed by atoms with E-state index in [4.69, 9.17) is 4.74 Å². The number of aryl methyl sites for hydroxylation is 2. The van der Waals surface area contributed by atoms with Crippen molar-refractivity contribution in [1.82, 2.24) is 15.4 Å². The zero-order valence-electron chi connectivity index (χ0n) is 15.5. The molecule has 0 fully saturated rings. The number of benzene rings is 2. The van der Waals surface area contributed by atoms with Gasteiger partial charge in [0.15, 0.2) is 0 Å². The van der Waals surface area contributed by atoms with Crippen LogP contribution in [-0.2, 0) is 0 Å². The fraction of sp³-hybridized carbons (Fsp3) is 0.105. The van der Waals surface area contributed by atoms with Gasteiger partial charge in [0.1, 0.15) is 17.9 Å². The molecule has 1 aromatic heterocycles. The maximum Gasteiger partial charge on any atom is 0.374 e. The summed E-state index contributed by atoms with van der Waals surface area (Å²) >= 11 is 0. The van der Waals surface area contributed by atoms with Crippen LogP contribution < -0.4 is 15.6 Å². The predicted octanol–water partition coefficient (Wildman–Crippen LogP) is 3.69. The molecule has 3 aromatic rings. The van der Waals surface area contributed by atoms with Gasteiger partial charge in [-0.2, -0.15) is 4.98 Å². The molecule has 148 valence electrons. The number of carbonyl (C=O) groups is 1. The summed E-state index contributed by atoms with van der Waals surface area (Å²) in [7, 11) is 0. The Labute approximate surface area is 164 Å². The molecule has 0 aliphatic heterocycles. The van der Waals surface area contributed by atoms with E-state index in [0.717, 1.165) is 29.6 Å². The lowest BCUT2D eigenvalue weighted by Gasteiger charge is -2.11. The van der Waals surface area contributed by atoms with Gasteiger partial charge in [0.05, 0.1) is 4.92 Å². The Bertz CT molecular complexity index is 1070. The van der Waals surface area contributed by atoms with Crippen molar-refractivity contribution in [1.29, 1.82) is 0 Å². The van der Waals surface area contributed by atoms with Crippen molar-refractivity contribution in [2.24, 2.45) is 0 Å². The van der Waals surface area contributed by atoms with E-state index in [1.165, 1.54) is 12.1 Å². The van der Waals surface area contributed by atoms with E-state index in [0.29, 0.717) is 5.75 Å². The van der Waals surface area contributed by atoms with Gasteiger partial charge >= 0.3 is 11.6 Å². The first-order valence-corrected chi connectivity index (χ1v) is 8.41. The number of ether oxygens (including phenoxy) is 1. The summed E-state index contributed by atoms with van der Waals surface area (Å²) in [5.74, 6) is -1.30. The van der Waals surface area contributed by atoms with Crippen LogP contribution in [0.5, 0.6) is 11.6 Å². The van der Waals surface area contributed by atoms with E-state index in [-0.39, 0.29) is 17.3 Å². The fourth-order valence-electron chi connectivity index (χ4n) is 2.37. The molecule has 0 radical (unpaired) electrons. The molecule has 0 atom stereocenters. The number of carbonyl (C=O) groups excluding carboxylic acids is 1. The fourth-order valence-corrected chi connectivity index (χ4v) is 2.37. The van der Waals surface area contributed by atoms with Gasteiger partial charge in [0.25, 0.3) is 5.91 Å². The zero-order chi connectivity index (χ0) is 21.0. The van der Waals surface area contributed by atoms with E-state index in [2.05, 4.69) is 20.8 Å². The molecule has 2 N–H and O–H groups in total. The maximum atomic E-state index is 13.0. The highest BCUT2D eigenvalue weighted by molar-refractivity contribution is 5.94. The van der Waals surface area contributed by atoms with Crippen molar-refractivity contribution in [3.8, 4) is 11.6 Å². The van der Waals surface area contributed by atoms with Gasteiger partial charge in [-0.3, -0.25) is 25.8 Å². The van der Waals surface area contributed by atoms with Crippen LogP contribution in [0.1, 0.15) is 21.5 Å². The second kappa shape index (κ2) is 8.30. The zero-order valence-corrected chi connectivity index (χ0v) is 15.5. The van der Waals surface area contributed by atoms with Gasteiger partial charge in [0.2, 0.25) is 5.82 Å². The first-order valence-electron chi connectivity index (χ1n) is 8.41. The topological polar surface area (TPSA) is 119 Å². The predicted molar refractivity (Wildman–Crippen MR) is 102 cm³/mol. The van der Waals surface area contributed by atoms with Crippen molar-refractivity contribution in [3.05, 3.63) is 81.4 Å². The Morgan fingerprint density at radius 2 is 1.83 bits per heavy atom. The molecule has 0 unspecified atom stereocenters. The summed E-state index contributed by atoms with van der Waals surface area (Å²) in [5, 5.41) is 11.6. The summed E-state index contributed by atoms with van der Waals surface area (Å²) in [6.07, 6.45) is 1.07. The SMILES string of the molecule is Cc1ccc(Oc2ncnc(NNC(=O)c3ccc(F)cc3)c2[N+](=O)[O-])cc1C. The number of halogens is 1. The Kier molecular flexibility index (Phi) is 5.63. The van der Waals surface area contributed by atoms with E-state index in [9.17, 15) is 19.3 Å². The number of nitrogens with zero attached hydrogens (tertiary/aromatic N) is 3. The second-order valence-corrected chi connectivity index (χ2v) is 6.07. The van der Waals surface area contributed by atoms with Gasteiger partial charge in [-0.1, -0.05) is 6.07 Å². The average Bonchev–Trinajstić information content (AvgIpc) is 2.69. The Morgan fingerprint density at radius 3 is 2.48 bits per heavy atom. The number of nitrogens with one attached hydrogen (secondary N) is 2. The van der Waals surface area contributed by atoms with Crippen LogP contribution >= 0.6 is 0 Å². The first kappa shape index (κ1) is 19.7. The lowest BCUT2D eigenvalue weighted by Crippen LogP contribution is -2.30. The molecule has 1 amide bonds. The molecular formula is C19H16FN5O4. The number of amides is 1. The second-order valence-electron chi connectivity index (χ2n) is 6.07. The minimum absolute atomic E-state index is 0.155. The largest absolute Gasteiger partial charge is 0.434 e. The molecule has 10 heteroatoms. The number of rotatable bonds is 6. The first-order chi connectivity index (χ1) is 13.8. The van der Waals surface area contributed by atoms with Crippen molar-refractivity contribution < 1.29 is 18.8 Å². The van der Waals surface area contributed by atoms with E-state index < -0.39 is 22.3 Å². The number of anilines is 1. The number of hydrogen-bond donors (Lipinski definition) is 2. The van der Waals surface area contributed by atoms with Gasteiger partial charge in [0, 0.05) is 5.56 Å². The van der Waals surface area contributed by atoms with E-state index in [1.807, 2.05) is 19.9 Å². The third-order valence-corrected chi connectivity index (χ3v) is 4.07. The number of aromatic nitrogens is 2. The highest BCUT2D eigenvalue weighted by Gasteiger charge is 2.25. The molecule has 29 heavy (non-hydrogen) atoms. The minimum atomic E-state index is -0.719. The summed E-state index contributed by atoms with van der Waals surface area (Å²) in [6.45, 7) is 3.81. The van der Waals surface area contributed by atoms with Gasteiger partial charge < -0.3 is 4.74 Å². The van der Waals surface area contributed by atoms with Gasteiger partial charge in [-0.15, -0.1) is 0 Å². The molecule has 0 aliphatic rings. The Hall–Kier alpha value is -4.08. The van der Waals surface area contributed by atoms with Crippen LogP contribution in [0.4, 0.5) is 15.9 Å². The molecule has 9 nitrogen and oxygen atoms in total. The smallest absolute Gasteiger partial charge is 0.374 e. The van der Waals surface area contributed by atoms with Crippen LogP contribution in [0, 0.1) is 29.8 Å². The Morgan fingerprint density at radius 1 is 1.10 bits per heavy atom. The van der Waals surface area contributed by atoms with Gasteiger partial charge in [-0.05, 0) is 61.4 Å². The van der Waals surface area contributed by atoms with Crippen molar-refractivity contribution in [3.63, 3.8) is 0 Å². The third-order valence-electron chi connectivity index (χ3n) is 4.07. The quantitative estimate of drug-likeness (QED) is 0.481. The summed E-state index contributed by atoms with van der Waals surface area (Å²) in [4.78, 5) is 30.6. The Balaban J connectivity index is 1.82. The molecule has 0 saturated heterocycles. The van der Waals surface area contributed by atoms with E-state index in [1.54, 1.807) is 12.1 Å². The molecule has 0 saturated carbocycles. The summed E-state index contributed by atoms with van der Waals surface area (Å²) in [6, 6.07) is 10.0. The standard InChI is InChI=1S/C19H16FN5O4/c1-11-3-8-15(9-12(11)2)29-19-16(25(27)28)17(21-10-22-19)23-24-18(26)13-4-6-14(20)7-5-13/h3-10H,1-2H3,(H,24,26)(H,21,22,23). The lowest BCUT2D eigenvalue weighted by atomic mass is 10.1. The summed E-state index contributed by atoms with van der Waals surface area (Å²) in [5.41, 5.74) is 6.26. The van der Waals surface area contributed by atoms with Crippen LogP contribution in [0.3, 0.4) is 0 Å². The number of nitro groups is 1. The molecule has 0 aliphatic carbocycles. The van der Waals surface area contributed by atoms with Crippen LogP contribution in [0.2, 0.25) is 0 Å². The molecule has 3 rings (SSSR count). The van der Waals surface area contributed by atoms with Gasteiger partial charge in [-0.25, -0.2) is 9.37 Å².